The highest BCUT2D eigenvalue weighted by atomic mass is 16.7. The molecule has 0 aliphatic heterocycles. The maximum absolute atomic E-state index is 11.4. The van der Waals surface area contributed by atoms with E-state index in [1.54, 1.807) is 20.8 Å². The zero-order valence-electron chi connectivity index (χ0n) is 11.1. The van der Waals surface area contributed by atoms with Crippen molar-refractivity contribution in [2.75, 3.05) is 0 Å². The van der Waals surface area contributed by atoms with Gasteiger partial charge in [-0.1, -0.05) is 6.58 Å². The Hall–Kier alpha value is -2.30. The molecule has 0 saturated heterocycles. The molecule has 0 atom stereocenters. The zero-order chi connectivity index (χ0) is 14.5. The SMILES string of the molecule is C=CC(=O)Oc1ccc(OC(=O)OC(C)(C)C)cc1. The smallest absolute Gasteiger partial charge is 0.428 e. The zero-order valence-corrected chi connectivity index (χ0v) is 11.1. The van der Waals surface area contributed by atoms with E-state index in [4.69, 9.17) is 14.2 Å². The van der Waals surface area contributed by atoms with Crippen molar-refractivity contribution in [3.05, 3.63) is 36.9 Å². The first-order chi connectivity index (χ1) is 8.80. The van der Waals surface area contributed by atoms with Gasteiger partial charge >= 0.3 is 12.1 Å². The molecule has 0 heterocycles. The standard InChI is InChI=1S/C14H16O5/c1-5-12(15)17-10-6-8-11(9-7-10)18-13(16)19-14(2,3)4/h5-9H,1H2,2-4H3. The highest BCUT2D eigenvalue weighted by Crippen LogP contribution is 2.19. The van der Waals surface area contributed by atoms with Gasteiger partial charge in [0.05, 0.1) is 0 Å². The summed E-state index contributed by atoms with van der Waals surface area (Å²) in [7, 11) is 0. The van der Waals surface area contributed by atoms with E-state index in [9.17, 15) is 9.59 Å². The van der Waals surface area contributed by atoms with Crippen LogP contribution in [0, 0.1) is 0 Å². The summed E-state index contributed by atoms with van der Waals surface area (Å²) in [6, 6.07) is 5.99. The Morgan fingerprint density at radius 3 is 1.95 bits per heavy atom. The molecule has 1 aromatic rings. The van der Waals surface area contributed by atoms with E-state index in [2.05, 4.69) is 6.58 Å². The van der Waals surface area contributed by atoms with E-state index in [-0.39, 0.29) is 0 Å². The van der Waals surface area contributed by atoms with E-state index in [0.717, 1.165) is 6.08 Å². The maximum Gasteiger partial charge on any atom is 0.514 e. The van der Waals surface area contributed by atoms with Gasteiger partial charge in [0, 0.05) is 6.08 Å². The first-order valence-corrected chi connectivity index (χ1v) is 5.65. The van der Waals surface area contributed by atoms with E-state index < -0.39 is 17.7 Å². The number of benzene rings is 1. The molecule has 0 fully saturated rings. The molecule has 0 aromatic heterocycles. The minimum absolute atomic E-state index is 0.299. The molecule has 0 aliphatic carbocycles. The molecule has 102 valence electrons. The van der Waals surface area contributed by atoms with Gasteiger partial charge in [0.25, 0.3) is 0 Å². The molecule has 0 radical (unpaired) electrons. The minimum atomic E-state index is -0.789. The number of carbonyl (C=O) groups is 2. The van der Waals surface area contributed by atoms with Gasteiger partial charge in [-0.15, -0.1) is 0 Å². The second kappa shape index (κ2) is 6.04. The molecule has 0 amide bonds. The van der Waals surface area contributed by atoms with Crippen molar-refractivity contribution in [1.29, 1.82) is 0 Å². The Morgan fingerprint density at radius 2 is 1.53 bits per heavy atom. The fourth-order valence-electron chi connectivity index (χ4n) is 1.10. The average molecular weight is 264 g/mol. The third-order valence-corrected chi connectivity index (χ3v) is 1.80. The quantitative estimate of drug-likeness (QED) is 0.363. The second-order valence-corrected chi connectivity index (χ2v) is 4.66. The first-order valence-electron chi connectivity index (χ1n) is 5.65. The van der Waals surface area contributed by atoms with Crippen molar-refractivity contribution in [1.82, 2.24) is 0 Å². The maximum atomic E-state index is 11.4. The third-order valence-electron chi connectivity index (χ3n) is 1.80. The van der Waals surface area contributed by atoms with Crippen molar-refractivity contribution in [2.24, 2.45) is 0 Å². The van der Waals surface area contributed by atoms with Crippen molar-refractivity contribution in [3.63, 3.8) is 0 Å². The Bertz CT molecular complexity index is 468. The van der Waals surface area contributed by atoms with Crippen molar-refractivity contribution in [3.8, 4) is 11.5 Å². The molecule has 0 N–H and O–H groups in total. The highest BCUT2D eigenvalue weighted by molar-refractivity contribution is 5.83. The lowest BCUT2D eigenvalue weighted by atomic mass is 10.2. The Kier molecular flexibility index (Phi) is 4.69. The summed E-state index contributed by atoms with van der Waals surface area (Å²) >= 11 is 0. The molecule has 0 saturated carbocycles. The van der Waals surface area contributed by atoms with Gasteiger partial charge in [0.15, 0.2) is 0 Å². The Balaban J connectivity index is 2.59. The monoisotopic (exact) mass is 264 g/mol. The summed E-state index contributed by atoms with van der Waals surface area (Å²) in [6.45, 7) is 8.51. The number of hydrogen-bond acceptors (Lipinski definition) is 5. The van der Waals surface area contributed by atoms with Crippen LogP contribution in [0.2, 0.25) is 0 Å². The molecule has 0 aliphatic rings. The van der Waals surface area contributed by atoms with Crippen molar-refractivity contribution in [2.45, 2.75) is 26.4 Å². The van der Waals surface area contributed by atoms with Crippen molar-refractivity contribution >= 4 is 12.1 Å². The highest BCUT2D eigenvalue weighted by Gasteiger charge is 2.18. The summed E-state index contributed by atoms with van der Waals surface area (Å²) in [5.74, 6) is 0.0786. The van der Waals surface area contributed by atoms with Crippen LogP contribution in [0.25, 0.3) is 0 Å². The summed E-state index contributed by atoms with van der Waals surface area (Å²) < 4.78 is 14.8. The summed E-state index contributed by atoms with van der Waals surface area (Å²) in [6.07, 6.45) is 0.272. The van der Waals surface area contributed by atoms with Gasteiger partial charge in [-0.3, -0.25) is 0 Å². The van der Waals surface area contributed by atoms with Crippen LogP contribution in [-0.2, 0) is 9.53 Å². The normalized spacial score (nSPS) is 10.5. The van der Waals surface area contributed by atoms with E-state index in [1.165, 1.54) is 24.3 Å². The number of hydrogen-bond donors (Lipinski definition) is 0. The molecule has 1 aromatic carbocycles. The number of carbonyl (C=O) groups excluding carboxylic acids is 2. The fourth-order valence-corrected chi connectivity index (χ4v) is 1.10. The van der Waals surface area contributed by atoms with Gasteiger partial charge in [-0.25, -0.2) is 9.59 Å². The van der Waals surface area contributed by atoms with E-state index in [1.807, 2.05) is 0 Å². The molecular weight excluding hydrogens is 248 g/mol. The molecule has 0 spiro atoms. The second-order valence-electron chi connectivity index (χ2n) is 4.66. The predicted molar refractivity (Wildman–Crippen MR) is 69.1 cm³/mol. The van der Waals surface area contributed by atoms with Crippen LogP contribution in [0.3, 0.4) is 0 Å². The fraction of sp³-hybridized carbons (Fsp3) is 0.286. The topological polar surface area (TPSA) is 61.8 Å². The third kappa shape index (κ3) is 5.72. The first kappa shape index (κ1) is 14.8. The summed E-state index contributed by atoms with van der Waals surface area (Å²) in [5, 5.41) is 0. The summed E-state index contributed by atoms with van der Waals surface area (Å²) in [4.78, 5) is 22.3. The van der Waals surface area contributed by atoms with Gasteiger partial charge in [-0.2, -0.15) is 0 Å². The number of rotatable bonds is 3. The van der Waals surface area contributed by atoms with Crippen molar-refractivity contribution < 1.29 is 23.8 Å². The molecular formula is C14H16O5. The lowest BCUT2D eigenvalue weighted by Crippen LogP contribution is -2.25. The van der Waals surface area contributed by atoms with Gasteiger partial charge < -0.3 is 14.2 Å². The van der Waals surface area contributed by atoms with Crippen LogP contribution in [0.5, 0.6) is 11.5 Å². The number of ether oxygens (including phenoxy) is 3. The molecule has 0 unspecified atom stereocenters. The van der Waals surface area contributed by atoms with E-state index in [0.29, 0.717) is 11.5 Å². The number of esters is 1. The molecule has 1 rings (SSSR count). The van der Waals surface area contributed by atoms with Crippen LogP contribution < -0.4 is 9.47 Å². The molecule has 19 heavy (non-hydrogen) atoms. The van der Waals surface area contributed by atoms with Gasteiger partial charge in [0.2, 0.25) is 0 Å². The minimum Gasteiger partial charge on any atom is -0.428 e. The van der Waals surface area contributed by atoms with Crippen LogP contribution in [-0.4, -0.2) is 17.7 Å². The molecule has 0 bridgehead atoms. The lowest BCUT2D eigenvalue weighted by Gasteiger charge is -2.18. The Morgan fingerprint density at radius 1 is 1.05 bits per heavy atom. The lowest BCUT2D eigenvalue weighted by molar-refractivity contribution is -0.128. The predicted octanol–water partition coefficient (Wildman–Crippen LogP) is 3.09. The van der Waals surface area contributed by atoms with Crippen LogP contribution >= 0.6 is 0 Å². The molecule has 5 heteroatoms. The largest absolute Gasteiger partial charge is 0.514 e. The van der Waals surface area contributed by atoms with Crippen LogP contribution in [0.4, 0.5) is 4.79 Å². The van der Waals surface area contributed by atoms with Crippen LogP contribution in [0.1, 0.15) is 20.8 Å². The van der Waals surface area contributed by atoms with Gasteiger partial charge in [0.1, 0.15) is 17.1 Å². The summed E-state index contributed by atoms with van der Waals surface area (Å²) in [5.41, 5.74) is -0.615. The molecule has 5 nitrogen and oxygen atoms in total. The van der Waals surface area contributed by atoms with Gasteiger partial charge in [-0.05, 0) is 45.0 Å². The average Bonchev–Trinajstić information content (AvgIpc) is 2.29. The van der Waals surface area contributed by atoms with E-state index >= 15 is 0 Å². The van der Waals surface area contributed by atoms with Crippen LogP contribution in [0.15, 0.2) is 36.9 Å². The Labute approximate surface area is 111 Å².